The number of ether oxygens (including phenoxy) is 2. The highest BCUT2D eigenvalue weighted by atomic mass is 19.4. The van der Waals surface area contributed by atoms with Gasteiger partial charge in [-0.15, -0.1) is 0 Å². The van der Waals surface area contributed by atoms with Crippen LogP contribution in [0, 0.1) is 29.4 Å². The van der Waals surface area contributed by atoms with Crippen molar-refractivity contribution < 1.29 is 49.0 Å². The van der Waals surface area contributed by atoms with E-state index in [9.17, 15) is 30.7 Å². The highest BCUT2D eigenvalue weighted by Crippen LogP contribution is 2.45. The second-order valence-corrected chi connectivity index (χ2v) is 12.3. The number of allylic oxidation sites excluding steroid dienone is 2. The van der Waals surface area contributed by atoms with E-state index in [0.29, 0.717) is 31.6 Å². The second-order valence-electron chi connectivity index (χ2n) is 12.3. The standard InChI is InChI=1S/C34H39F9O2/c1-2-3-4-5-22-6-8-23(9-7-22)10-11-24-12-14-25(15-13-24)33(40,41)44-27-18-16-26(17-19-27)34(42,43)45-28-20-29(35)31(30(36)21-28)32(37,38)39/h2-3,6-9,20-21,24-27H,4-5,10-19H2,1H3/b3-2+. The first-order valence-electron chi connectivity index (χ1n) is 15.6. The fraction of sp³-hybridized carbons (Fsp3) is 0.588. The molecule has 4 rings (SSSR count). The van der Waals surface area contributed by atoms with Crippen molar-refractivity contribution in [3.8, 4) is 5.75 Å². The number of aryl methyl sites for hydroxylation is 2. The zero-order valence-electron chi connectivity index (χ0n) is 25.1. The van der Waals surface area contributed by atoms with Gasteiger partial charge in [0.05, 0.1) is 17.9 Å². The molecule has 45 heavy (non-hydrogen) atoms. The molecule has 2 aromatic carbocycles. The molecule has 0 heterocycles. The summed E-state index contributed by atoms with van der Waals surface area (Å²) < 4.78 is 135. The van der Waals surface area contributed by atoms with Crippen LogP contribution in [0.4, 0.5) is 39.5 Å². The maximum atomic E-state index is 15.1. The van der Waals surface area contributed by atoms with E-state index in [2.05, 4.69) is 35.1 Å². The third kappa shape index (κ3) is 9.66. The Kier molecular flexibility index (Phi) is 11.6. The minimum absolute atomic E-state index is 0.0501. The minimum Gasteiger partial charge on any atom is -0.432 e. The molecular weight excluding hydrogens is 611 g/mol. The van der Waals surface area contributed by atoms with Gasteiger partial charge in [-0.2, -0.15) is 30.7 Å². The Balaban J connectivity index is 1.20. The van der Waals surface area contributed by atoms with Crippen molar-refractivity contribution in [1.82, 2.24) is 0 Å². The Bertz CT molecular complexity index is 1230. The molecular formula is C34H39F9O2. The zero-order valence-corrected chi connectivity index (χ0v) is 25.1. The summed E-state index contributed by atoms with van der Waals surface area (Å²) in [5.74, 6) is -7.38. The number of hydrogen-bond donors (Lipinski definition) is 0. The molecule has 0 amide bonds. The number of hydrogen-bond acceptors (Lipinski definition) is 2. The predicted octanol–water partition coefficient (Wildman–Crippen LogP) is 11.1. The summed E-state index contributed by atoms with van der Waals surface area (Å²) in [4.78, 5) is 0. The molecule has 0 aromatic heterocycles. The van der Waals surface area contributed by atoms with Gasteiger partial charge in [0.2, 0.25) is 0 Å². The minimum atomic E-state index is -5.35. The van der Waals surface area contributed by atoms with Gasteiger partial charge in [-0.25, -0.2) is 8.78 Å². The Hall–Kier alpha value is -2.69. The Morgan fingerprint density at radius 1 is 0.711 bits per heavy atom. The largest absolute Gasteiger partial charge is 0.432 e. The van der Waals surface area contributed by atoms with Crippen molar-refractivity contribution in [2.45, 2.75) is 108 Å². The van der Waals surface area contributed by atoms with Crippen molar-refractivity contribution in [1.29, 1.82) is 0 Å². The smallest absolute Gasteiger partial charge is 0.422 e. The molecule has 2 aromatic rings. The molecule has 250 valence electrons. The van der Waals surface area contributed by atoms with Crippen LogP contribution in [0.3, 0.4) is 0 Å². The van der Waals surface area contributed by atoms with Gasteiger partial charge in [-0.3, -0.25) is 0 Å². The van der Waals surface area contributed by atoms with Crippen LogP contribution in [0.5, 0.6) is 5.75 Å². The van der Waals surface area contributed by atoms with E-state index in [-0.39, 0.29) is 37.8 Å². The van der Waals surface area contributed by atoms with Gasteiger partial charge in [-0.1, -0.05) is 36.4 Å². The molecule has 0 aliphatic heterocycles. The van der Waals surface area contributed by atoms with Crippen LogP contribution in [0.2, 0.25) is 0 Å². The Labute approximate surface area is 258 Å². The summed E-state index contributed by atoms with van der Waals surface area (Å²) in [6.45, 7) is 2.00. The van der Waals surface area contributed by atoms with E-state index >= 15 is 8.78 Å². The van der Waals surface area contributed by atoms with Gasteiger partial charge in [0.25, 0.3) is 0 Å². The normalized spacial score (nSPS) is 23.4. The maximum absolute atomic E-state index is 15.1. The summed E-state index contributed by atoms with van der Waals surface area (Å²) >= 11 is 0. The van der Waals surface area contributed by atoms with Gasteiger partial charge in [0, 0.05) is 12.1 Å². The number of rotatable bonds is 12. The number of alkyl halides is 7. The molecule has 2 aliphatic carbocycles. The van der Waals surface area contributed by atoms with E-state index in [1.165, 1.54) is 11.1 Å². The highest BCUT2D eigenvalue weighted by Gasteiger charge is 2.48. The van der Waals surface area contributed by atoms with E-state index in [0.717, 1.165) is 25.7 Å². The fourth-order valence-corrected chi connectivity index (χ4v) is 6.40. The quantitative estimate of drug-likeness (QED) is 0.168. The molecule has 0 N–H and O–H groups in total. The molecule has 0 atom stereocenters. The van der Waals surface area contributed by atoms with Crippen LogP contribution >= 0.6 is 0 Å². The lowest BCUT2D eigenvalue weighted by atomic mass is 9.79. The van der Waals surface area contributed by atoms with Gasteiger partial charge in [0.1, 0.15) is 22.9 Å². The monoisotopic (exact) mass is 650 g/mol. The third-order valence-electron chi connectivity index (χ3n) is 9.05. The van der Waals surface area contributed by atoms with Crippen LogP contribution in [0.1, 0.15) is 87.8 Å². The van der Waals surface area contributed by atoms with Gasteiger partial charge < -0.3 is 9.47 Å². The molecule has 2 saturated carbocycles. The van der Waals surface area contributed by atoms with Crippen LogP contribution < -0.4 is 4.74 Å². The average Bonchev–Trinajstić information content (AvgIpc) is 2.96. The maximum Gasteiger partial charge on any atom is 0.422 e. The average molecular weight is 651 g/mol. The first kappa shape index (κ1) is 35.2. The van der Waals surface area contributed by atoms with Crippen LogP contribution in [-0.4, -0.2) is 18.3 Å². The SMILES string of the molecule is C/C=C/CCc1ccc(CCC2CCC(C(F)(F)OC3CCC(C(F)(F)Oc4cc(F)c(C(F)(F)F)c(F)c4)CC3)CC2)cc1. The summed E-state index contributed by atoms with van der Waals surface area (Å²) in [6.07, 6.45) is -4.57. The van der Waals surface area contributed by atoms with Crippen molar-refractivity contribution >= 4 is 0 Å². The summed E-state index contributed by atoms with van der Waals surface area (Å²) in [5, 5.41) is 0. The number of benzene rings is 2. The highest BCUT2D eigenvalue weighted by molar-refractivity contribution is 5.32. The van der Waals surface area contributed by atoms with Crippen molar-refractivity contribution in [3.63, 3.8) is 0 Å². The first-order chi connectivity index (χ1) is 21.2. The Morgan fingerprint density at radius 3 is 1.76 bits per heavy atom. The topological polar surface area (TPSA) is 18.5 Å². The molecule has 0 radical (unpaired) electrons. The summed E-state index contributed by atoms with van der Waals surface area (Å²) in [5.41, 5.74) is 0.301. The van der Waals surface area contributed by atoms with Crippen molar-refractivity contribution in [2.24, 2.45) is 17.8 Å². The van der Waals surface area contributed by atoms with Gasteiger partial charge in [-0.05, 0) is 101 Å². The summed E-state index contributed by atoms with van der Waals surface area (Å²) in [7, 11) is 0. The van der Waals surface area contributed by atoms with Crippen LogP contribution in [-0.2, 0) is 23.8 Å². The van der Waals surface area contributed by atoms with E-state index in [4.69, 9.17) is 4.74 Å². The van der Waals surface area contributed by atoms with E-state index in [1.54, 1.807) is 0 Å². The summed E-state index contributed by atoms with van der Waals surface area (Å²) in [6, 6.07) is 8.63. The molecule has 11 heteroatoms. The van der Waals surface area contributed by atoms with Crippen LogP contribution in [0.15, 0.2) is 48.6 Å². The molecule has 0 spiro atoms. The fourth-order valence-electron chi connectivity index (χ4n) is 6.40. The van der Waals surface area contributed by atoms with E-state index < -0.39 is 59.3 Å². The molecule has 0 saturated heterocycles. The molecule has 2 nitrogen and oxygen atoms in total. The molecule has 2 fully saturated rings. The van der Waals surface area contributed by atoms with Crippen molar-refractivity contribution in [3.05, 3.63) is 76.9 Å². The third-order valence-corrected chi connectivity index (χ3v) is 9.05. The first-order valence-corrected chi connectivity index (χ1v) is 15.6. The lowest BCUT2D eigenvalue weighted by molar-refractivity contribution is -0.306. The molecule has 0 unspecified atom stereocenters. The lowest BCUT2D eigenvalue weighted by Crippen LogP contribution is -2.42. The lowest BCUT2D eigenvalue weighted by Gasteiger charge is -2.38. The van der Waals surface area contributed by atoms with Crippen molar-refractivity contribution in [2.75, 3.05) is 0 Å². The zero-order chi connectivity index (χ0) is 32.8. The Morgan fingerprint density at radius 2 is 1.22 bits per heavy atom. The molecule has 0 bridgehead atoms. The number of halogens is 9. The second kappa shape index (κ2) is 14.8. The van der Waals surface area contributed by atoms with Gasteiger partial charge >= 0.3 is 18.4 Å². The molecule has 2 aliphatic rings. The predicted molar refractivity (Wildman–Crippen MR) is 152 cm³/mol. The van der Waals surface area contributed by atoms with Crippen LogP contribution in [0.25, 0.3) is 0 Å². The van der Waals surface area contributed by atoms with Gasteiger partial charge in [0.15, 0.2) is 0 Å². The van der Waals surface area contributed by atoms with E-state index in [1.807, 2.05) is 13.0 Å².